The number of hydrogen-bond donors (Lipinski definition) is 1. The molecule has 0 aliphatic rings. The van der Waals surface area contributed by atoms with Crippen LogP contribution in [0.25, 0.3) is 0 Å². The first-order valence-corrected chi connectivity index (χ1v) is 5.58. The molecule has 0 spiro atoms. The highest BCUT2D eigenvalue weighted by Gasteiger charge is 2.19. The van der Waals surface area contributed by atoms with Crippen LogP contribution in [0.1, 0.15) is 24.2 Å². The molecule has 3 nitrogen and oxygen atoms in total. The van der Waals surface area contributed by atoms with Gasteiger partial charge >= 0.3 is 0 Å². The predicted molar refractivity (Wildman–Crippen MR) is 64.5 cm³/mol. The SMILES string of the molecule is CN(CC(=O)c1ccc(F)cc1F)CC(C)(C)O. The Morgan fingerprint density at radius 2 is 2.00 bits per heavy atom. The van der Waals surface area contributed by atoms with Crippen LogP contribution < -0.4 is 0 Å². The Labute approximate surface area is 105 Å². The highest BCUT2D eigenvalue weighted by atomic mass is 19.1. The summed E-state index contributed by atoms with van der Waals surface area (Å²) in [4.78, 5) is 13.4. The molecule has 0 amide bonds. The van der Waals surface area contributed by atoms with Crippen LogP contribution in [0, 0.1) is 11.6 Å². The summed E-state index contributed by atoms with van der Waals surface area (Å²) in [6.45, 7) is 3.48. The van der Waals surface area contributed by atoms with Gasteiger partial charge in [0, 0.05) is 12.6 Å². The van der Waals surface area contributed by atoms with Crippen molar-refractivity contribution >= 4 is 5.78 Å². The molecular weight excluding hydrogens is 240 g/mol. The van der Waals surface area contributed by atoms with Crippen molar-refractivity contribution < 1.29 is 18.7 Å². The average Bonchev–Trinajstić information content (AvgIpc) is 2.13. The maximum atomic E-state index is 13.4. The molecule has 0 unspecified atom stereocenters. The number of benzene rings is 1. The van der Waals surface area contributed by atoms with Gasteiger partial charge in [-0.2, -0.15) is 0 Å². The fraction of sp³-hybridized carbons (Fsp3) is 0.462. The number of aliphatic hydroxyl groups is 1. The van der Waals surface area contributed by atoms with Crippen LogP contribution in [0.4, 0.5) is 8.78 Å². The van der Waals surface area contributed by atoms with Crippen molar-refractivity contribution in [3.05, 3.63) is 35.4 Å². The van der Waals surface area contributed by atoms with Gasteiger partial charge in [0.1, 0.15) is 11.6 Å². The van der Waals surface area contributed by atoms with Crippen LogP contribution in [0.15, 0.2) is 18.2 Å². The number of rotatable bonds is 5. The van der Waals surface area contributed by atoms with Gasteiger partial charge in [-0.3, -0.25) is 9.69 Å². The Morgan fingerprint density at radius 1 is 1.39 bits per heavy atom. The lowest BCUT2D eigenvalue weighted by atomic mass is 10.1. The molecular formula is C13H17F2NO2. The molecule has 0 fully saturated rings. The van der Waals surface area contributed by atoms with Crippen molar-refractivity contribution in [1.29, 1.82) is 0 Å². The van der Waals surface area contributed by atoms with Crippen LogP contribution in [0.2, 0.25) is 0 Å². The molecule has 100 valence electrons. The first-order chi connectivity index (χ1) is 8.19. The number of Topliss-reactive ketones (excluding diaryl/α,β-unsaturated/α-hetero) is 1. The lowest BCUT2D eigenvalue weighted by molar-refractivity contribution is 0.0439. The molecule has 0 bridgehead atoms. The Kier molecular flexibility index (Phi) is 4.53. The van der Waals surface area contributed by atoms with Gasteiger partial charge in [-0.05, 0) is 33.0 Å². The summed E-state index contributed by atoms with van der Waals surface area (Å²) in [5.74, 6) is -2.02. The molecule has 1 aromatic rings. The number of likely N-dealkylation sites (N-methyl/N-ethyl adjacent to an activating group) is 1. The van der Waals surface area contributed by atoms with E-state index in [1.165, 1.54) is 0 Å². The predicted octanol–water partition coefficient (Wildman–Crippen LogP) is 1.85. The molecule has 1 rings (SSSR count). The molecule has 0 atom stereocenters. The highest BCUT2D eigenvalue weighted by molar-refractivity contribution is 5.97. The van der Waals surface area contributed by atoms with Gasteiger partial charge in [0.05, 0.1) is 17.7 Å². The lowest BCUT2D eigenvalue weighted by Gasteiger charge is -2.24. The molecule has 0 radical (unpaired) electrons. The largest absolute Gasteiger partial charge is 0.389 e. The second-order valence-corrected chi connectivity index (χ2v) is 5.03. The Bertz CT molecular complexity index is 441. The number of nitrogens with zero attached hydrogens (tertiary/aromatic N) is 1. The quantitative estimate of drug-likeness (QED) is 0.818. The monoisotopic (exact) mass is 257 g/mol. The molecule has 0 aliphatic carbocycles. The van der Waals surface area contributed by atoms with Crippen molar-refractivity contribution in [3.8, 4) is 0 Å². The zero-order valence-corrected chi connectivity index (χ0v) is 10.7. The molecule has 0 saturated heterocycles. The van der Waals surface area contributed by atoms with Crippen LogP contribution in [0.3, 0.4) is 0 Å². The molecule has 0 heterocycles. The second kappa shape index (κ2) is 5.54. The number of halogens is 2. The van der Waals surface area contributed by atoms with E-state index >= 15 is 0 Å². The summed E-state index contributed by atoms with van der Waals surface area (Å²) in [6, 6.07) is 2.86. The third-order valence-electron chi connectivity index (χ3n) is 2.30. The van der Waals surface area contributed by atoms with Crippen LogP contribution in [-0.2, 0) is 0 Å². The first kappa shape index (κ1) is 14.7. The van der Waals surface area contributed by atoms with Crippen molar-refractivity contribution in [2.24, 2.45) is 0 Å². The van der Waals surface area contributed by atoms with E-state index in [9.17, 15) is 18.7 Å². The Balaban J connectivity index is 2.71. The fourth-order valence-corrected chi connectivity index (χ4v) is 1.76. The zero-order valence-electron chi connectivity index (χ0n) is 10.7. The Morgan fingerprint density at radius 3 is 2.50 bits per heavy atom. The van der Waals surface area contributed by atoms with Crippen molar-refractivity contribution in [2.45, 2.75) is 19.4 Å². The van der Waals surface area contributed by atoms with Gasteiger partial charge in [-0.1, -0.05) is 0 Å². The topological polar surface area (TPSA) is 40.5 Å². The molecule has 1 N–H and O–H groups in total. The van der Waals surface area contributed by atoms with Gasteiger partial charge in [-0.25, -0.2) is 8.78 Å². The third-order valence-corrected chi connectivity index (χ3v) is 2.30. The zero-order chi connectivity index (χ0) is 13.9. The number of carbonyl (C=O) groups excluding carboxylic acids is 1. The molecule has 5 heteroatoms. The van der Waals surface area contributed by atoms with E-state index in [1.807, 2.05) is 0 Å². The van der Waals surface area contributed by atoms with Crippen LogP contribution in [0.5, 0.6) is 0 Å². The van der Waals surface area contributed by atoms with E-state index in [2.05, 4.69) is 0 Å². The minimum Gasteiger partial charge on any atom is -0.389 e. The van der Waals surface area contributed by atoms with E-state index in [1.54, 1.807) is 25.8 Å². The Hall–Kier alpha value is -1.33. The van der Waals surface area contributed by atoms with Gasteiger partial charge in [-0.15, -0.1) is 0 Å². The molecule has 1 aromatic carbocycles. The number of ketones is 1. The summed E-state index contributed by atoms with van der Waals surface area (Å²) < 4.78 is 26.1. The molecule has 0 aliphatic heterocycles. The summed E-state index contributed by atoms with van der Waals surface area (Å²) in [7, 11) is 1.65. The van der Waals surface area contributed by atoms with E-state index < -0.39 is 23.0 Å². The van der Waals surface area contributed by atoms with E-state index in [0.717, 1.165) is 12.1 Å². The van der Waals surface area contributed by atoms with Gasteiger partial charge in [0.2, 0.25) is 0 Å². The summed E-state index contributed by atoms with van der Waals surface area (Å²) >= 11 is 0. The first-order valence-electron chi connectivity index (χ1n) is 5.58. The van der Waals surface area contributed by atoms with Gasteiger partial charge in [0.15, 0.2) is 5.78 Å². The second-order valence-electron chi connectivity index (χ2n) is 5.03. The molecule has 0 saturated carbocycles. The van der Waals surface area contributed by atoms with Gasteiger partial charge in [0.25, 0.3) is 0 Å². The number of carbonyl (C=O) groups is 1. The van der Waals surface area contributed by atoms with Crippen molar-refractivity contribution in [1.82, 2.24) is 4.90 Å². The molecule has 18 heavy (non-hydrogen) atoms. The third kappa shape index (κ3) is 4.50. The van der Waals surface area contributed by atoms with Crippen molar-refractivity contribution in [2.75, 3.05) is 20.1 Å². The van der Waals surface area contributed by atoms with Crippen molar-refractivity contribution in [3.63, 3.8) is 0 Å². The number of hydrogen-bond acceptors (Lipinski definition) is 3. The van der Waals surface area contributed by atoms with Crippen LogP contribution in [-0.4, -0.2) is 41.5 Å². The molecule has 0 aromatic heterocycles. The minimum atomic E-state index is -0.934. The standard InChI is InChI=1S/C13H17F2NO2/c1-13(2,18)8-16(3)7-12(17)10-5-4-9(14)6-11(10)15/h4-6,18H,7-8H2,1-3H3. The minimum absolute atomic E-state index is 0.0352. The van der Waals surface area contributed by atoms with Crippen LogP contribution >= 0.6 is 0 Å². The highest BCUT2D eigenvalue weighted by Crippen LogP contribution is 2.11. The summed E-state index contributed by atoms with van der Waals surface area (Å²) in [5, 5.41) is 9.59. The maximum Gasteiger partial charge on any atom is 0.179 e. The summed E-state index contributed by atoms with van der Waals surface area (Å²) in [6.07, 6.45) is 0. The smallest absolute Gasteiger partial charge is 0.179 e. The lowest BCUT2D eigenvalue weighted by Crippen LogP contribution is -2.38. The van der Waals surface area contributed by atoms with E-state index in [0.29, 0.717) is 6.07 Å². The van der Waals surface area contributed by atoms with Gasteiger partial charge < -0.3 is 5.11 Å². The van der Waals surface area contributed by atoms with E-state index in [4.69, 9.17) is 0 Å². The summed E-state index contributed by atoms with van der Waals surface area (Å²) in [5.41, 5.74) is -1.07. The normalized spacial score (nSPS) is 11.9. The fourth-order valence-electron chi connectivity index (χ4n) is 1.76. The maximum absolute atomic E-state index is 13.4. The van der Waals surface area contributed by atoms with E-state index in [-0.39, 0.29) is 18.7 Å². The average molecular weight is 257 g/mol.